The van der Waals surface area contributed by atoms with Gasteiger partial charge in [0.25, 0.3) is 5.56 Å². The minimum absolute atomic E-state index is 0.0862. The van der Waals surface area contributed by atoms with Crippen LogP contribution in [0.5, 0.6) is 0 Å². The number of nitrogens with zero attached hydrogens (tertiary/aromatic N) is 5. The molecule has 0 saturated carbocycles. The Hall–Kier alpha value is -3.63. The summed E-state index contributed by atoms with van der Waals surface area (Å²) in [5, 5.41) is 2.22. The van der Waals surface area contributed by atoms with Crippen molar-refractivity contribution in [2.75, 3.05) is 18.0 Å². The van der Waals surface area contributed by atoms with Crippen LogP contribution in [0.25, 0.3) is 21.8 Å². The highest BCUT2D eigenvalue weighted by Crippen LogP contribution is 2.24. The predicted molar refractivity (Wildman–Crippen MR) is 132 cm³/mol. The van der Waals surface area contributed by atoms with Gasteiger partial charge in [-0.25, -0.2) is 4.98 Å². The number of imidazole rings is 1. The third kappa shape index (κ3) is 3.87. The van der Waals surface area contributed by atoms with Crippen LogP contribution in [-0.2, 0) is 13.1 Å². The first kappa shape index (κ1) is 21.2. The molecule has 2 N–H and O–H groups in total. The summed E-state index contributed by atoms with van der Waals surface area (Å²) < 4.78 is 3.67. The molecule has 5 rings (SSSR count). The van der Waals surface area contributed by atoms with Crippen LogP contribution in [0.3, 0.4) is 0 Å². The van der Waals surface area contributed by atoms with Crippen LogP contribution in [0.15, 0.2) is 47.5 Å². The number of pyridine rings is 2. The molecule has 1 saturated heterocycles. The number of hydrogen-bond donors (Lipinski definition) is 1. The molecule has 0 spiro atoms. The van der Waals surface area contributed by atoms with E-state index in [1.807, 2.05) is 42.1 Å². The molecule has 0 amide bonds. The first-order chi connectivity index (χ1) is 16.1. The van der Waals surface area contributed by atoms with Gasteiger partial charge in [0.15, 0.2) is 0 Å². The standard InChI is InChI=1S/C26H28N6O/c1-3-4-13-32-24-22(29-26(32)31-12-7-8-19(27)16-31)11-14-30(25(24)33)17-23-21-10-6-5-9-20(21)18(2)15-28-23/h5-6,9-11,14-15,19H,7-8,12-13,16-17,27H2,1-2H3. The van der Waals surface area contributed by atoms with Crippen molar-refractivity contribution in [1.82, 2.24) is 19.1 Å². The molecular formula is C26H28N6O. The number of aryl methyl sites for hydroxylation is 1. The minimum Gasteiger partial charge on any atom is -0.341 e. The zero-order valence-electron chi connectivity index (χ0n) is 19.1. The third-order valence-corrected chi connectivity index (χ3v) is 6.40. The van der Waals surface area contributed by atoms with Gasteiger partial charge in [-0.05, 0) is 43.7 Å². The number of hydrogen-bond acceptors (Lipinski definition) is 5. The fourth-order valence-electron chi connectivity index (χ4n) is 4.71. The molecule has 0 aliphatic carbocycles. The van der Waals surface area contributed by atoms with Crippen LogP contribution in [0.4, 0.5) is 5.95 Å². The van der Waals surface area contributed by atoms with Crippen LogP contribution >= 0.6 is 0 Å². The lowest BCUT2D eigenvalue weighted by Crippen LogP contribution is -2.44. The fraction of sp³-hybridized carbons (Fsp3) is 0.346. The van der Waals surface area contributed by atoms with E-state index in [2.05, 4.69) is 40.8 Å². The van der Waals surface area contributed by atoms with E-state index in [9.17, 15) is 4.79 Å². The Morgan fingerprint density at radius 2 is 2.03 bits per heavy atom. The third-order valence-electron chi connectivity index (χ3n) is 6.40. The SMILES string of the molecule is CC#CCn1c(N2CCCC(N)C2)nc2ccn(Cc3ncc(C)c4ccccc34)c(=O)c21. The van der Waals surface area contributed by atoms with Crippen molar-refractivity contribution >= 4 is 27.8 Å². The van der Waals surface area contributed by atoms with Crippen molar-refractivity contribution < 1.29 is 0 Å². The number of anilines is 1. The van der Waals surface area contributed by atoms with Gasteiger partial charge >= 0.3 is 0 Å². The number of aromatic nitrogens is 4. The highest BCUT2D eigenvalue weighted by Gasteiger charge is 2.24. The summed E-state index contributed by atoms with van der Waals surface area (Å²) in [5.74, 6) is 6.84. The lowest BCUT2D eigenvalue weighted by atomic mass is 10.1. The Kier molecular flexibility index (Phi) is 5.61. The fourth-order valence-corrected chi connectivity index (χ4v) is 4.71. The van der Waals surface area contributed by atoms with Crippen LogP contribution in [0.2, 0.25) is 0 Å². The molecule has 1 unspecified atom stereocenters. The van der Waals surface area contributed by atoms with Gasteiger partial charge in [-0.3, -0.25) is 14.3 Å². The van der Waals surface area contributed by atoms with E-state index < -0.39 is 0 Å². The Labute approximate surface area is 192 Å². The van der Waals surface area contributed by atoms with Gasteiger partial charge in [0.05, 0.1) is 24.3 Å². The predicted octanol–water partition coefficient (Wildman–Crippen LogP) is 3.05. The zero-order valence-corrected chi connectivity index (χ0v) is 19.1. The minimum atomic E-state index is -0.0862. The van der Waals surface area contributed by atoms with Crippen molar-refractivity contribution in [3.63, 3.8) is 0 Å². The molecule has 7 nitrogen and oxygen atoms in total. The average molecular weight is 441 g/mol. The Morgan fingerprint density at radius 1 is 1.21 bits per heavy atom. The van der Waals surface area contributed by atoms with Crippen LogP contribution < -0.4 is 16.2 Å². The van der Waals surface area contributed by atoms with E-state index in [1.165, 1.54) is 0 Å². The molecule has 7 heteroatoms. The topological polar surface area (TPSA) is 82.0 Å². The Bertz CT molecular complexity index is 1450. The van der Waals surface area contributed by atoms with Crippen LogP contribution in [-0.4, -0.2) is 38.2 Å². The van der Waals surface area contributed by atoms with E-state index in [0.29, 0.717) is 24.1 Å². The monoisotopic (exact) mass is 440 g/mol. The molecule has 3 aromatic heterocycles. The Morgan fingerprint density at radius 3 is 2.82 bits per heavy atom. The maximum Gasteiger partial charge on any atom is 0.277 e. The molecule has 168 valence electrons. The maximum atomic E-state index is 13.7. The normalized spacial score (nSPS) is 16.2. The maximum absolute atomic E-state index is 13.7. The highest BCUT2D eigenvalue weighted by molar-refractivity contribution is 5.87. The molecule has 1 fully saturated rings. The lowest BCUT2D eigenvalue weighted by Gasteiger charge is -2.31. The number of nitrogens with two attached hydrogens (primary N) is 1. The van der Waals surface area contributed by atoms with Crippen molar-refractivity contribution in [2.24, 2.45) is 5.73 Å². The molecule has 4 aromatic rings. The van der Waals surface area contributed by atoms with Gasteiger partial charge < -0.3 is 15.2 Å². The second kappa shape index (κ2) is 8.72. The number of piperidine rings is 1. The Balaban J connectivity index is 1.62. The number of fused-ring (bicyclic) bond motifs is 2. The van der Waals surface area contributed by atoms with Gasteiger partial charge in [0, 0.05) is 36.9 Å². The molecule has 0 bridgehead atoms. The molecule has 33 heavy (non-hydrogen) atoms. The second-order valence-electron chi connectivity index (χ2n) is 8.69. The van der Waals surface area contributed by atoms with E-state index in [4.69, 9.17) is 10.7 Å². The molecule has 1 aromatic carbocycles. The van der Waals surface area contributed by atoms with Crippen molar-refractivity contribution in [1.29, 1.82) is 0 Å². The highest BCUT2D eigenvalue weighted by atomic mass is 16.1. The van der Waals surface area contributed by atoms with E-state index in [-0.39, 0.29) is 11.6 Å². The van der Waals surface area contributed by atoms with E-state index >= 15 is 0 Å². The summed E-state index contributed by atoms with van der Waals surface area (Å²) in [6.45, 7) is 6.28. The van der Waals surface area contributed by atoms with Gasteiger partial charge in [0.1, 0.15) is 5.52 Å². The van der Waals surface area contributed by atoms with Gasteiger partial charge in [-0.1, -0.05) is 30.2 Å². The van der Waals surface area contributed by atoms with Crippen LogP contribution in [0, 0.1) is 18.8 Å². The smallest absolute Gasteiger partial charge is 0.277 e. The summed E-state index contributed by atoms with van der Waals surface area (Å²) in [6.07, 6.45) is 5.71. The largest absolute Gasteiger partial charge is 0.341 e. The molecule has 1 aliphatic rings. The molecule has 0 radical (unpaired) electrons. The first-order valence-electron chi connectivity index (χ1n) is 11.4. The van der Waals surface area contributed by atoms with Crippen molar-refractivity contribution in [3.05, 3.63) is 64.3 Å². The number of rotatable bonds is 4. The quantitative estimate of drug-likeness (QED) is 0.493. The van der Waals surface area contributed by atoms with Gasteiger partial charge in [0.2, 0.25) is 5.95 Å². The summed E-state index contributed by atoms with van der Waals surface area (Å²) >= 11 is 0. The summed E-state index contributed by atoms with van der Waals surface area (Å²) in [4.78, 5) is 25.3. The molecule has 1 atom stereocenters. The lowest BCUT2D eigenvalue weighted by molar-refractivity contribution is 0.496. The molecular weight excluding hydrogens is 412 g/mol. The van der Waals surface area contributed by atoms with Gasteiger partial charge in [-0.2, -0.15) is 0 Å². The van der Waals surface area contributed by atoms with Crippen LogP contribution in [0.1, 0.15) is 31.0 Å². The molecule has 1 aliphatic heterocycles. The summed E-state index contributed by atoms with van der Waals surface area (Å²) in [7, 11) is 0. The first-order valence-corrected chi connectivity index (χ1v) is 11.4. The summed E-state index contributed by atoms with van der Waals surface area (Å²) in [5.41, 5.74) is 9.39. The van der Waals surface area contributed by atoms with Crippen molar-refractivity contribution in [3.8, 4) is 11.8 Å². The van der Waals surface area contributed by atoms with Gasteiger partial charge in [-0.15, -0.1) is 5.92 Å². The number of benzene rings is 1. The van der Waals surface area contributed by atoms with E-state index in [0.717, 1.165) is 53.9 Å². The average Bonchev–Trinajstić information content (AvgIpc) is 3.20. The molecule has 4 heterocycles. The second-order valence-corrected chi connectivity index (χ2v) is 8.69. The van der Waals surface area contributed by atoms with Crippen molar-refractivity contribution in [2.45, 2.75) is 45.8 Å². The van der Waals surface area contributed by atoms with E-state index in [1.54, 1.807) is 4.57 Å². The zero-order chi connectivity index (χ0) is 22.9. The summed E-state index contributed by atoms with van der Waals surface area (Å²) in [6, 6.07) is 10.2.